The van der Waals surface area contributed by atoms with Crippen molar-refractivity contribution in [1.82, 2.24) is 0 Å². The van der Waals surface area contributed by atoms with Crippen molar-refractivity contribution >= 4 is 11.7 Å². The van der Waals surface area contributed by atoms with E-state index in [9.17, 15) is 18.0 Å². The number of rotatable bonds is 5. The average Bonchev–Trinajstić information content (AvgIpc) is 2.37. The highest BCUT2D eigenvalue weighted by molar-refractivity contribution is 5.90. The summed E-state index contributed by atoms with van der Waals surface area (Å²) in [7, 11) is 0.910. The molecule has 0 saturated carbocycles. The Morgan fingerprint density at radius 1 is 1.25 bits per heavy atom. The summed E-state index contributed by atoms with van der Waals surface area (Å²) in [5.74, 6) is -1.37. The van der Waals surface area contributed by atoms with Crippen LogP contribution in [0.2, 0.25) is 0 Å². The van der Waals surface area contributed by atoms with Crippen molar-refractivity contribution in [3.63, 3.8) is 0 Å². The van der Waals surface area contributed by atoms with Gasteiger partial charge in [0.15, 0.2) is 5.41 Å². The van der Waals surface area contributed by atoms with E-state index in [1.807, 2.05) is 0 Å². The highest BCUT2D eigenvalue weighted by atomic mass is 19.4. The Hall–Kier alpha value is -1.85. The van der Waals surface area contributed by atoms with Gasteiger partial charge in [-0.15, -0.1) is 0 Å². The normalized spacial score (nSPS) is 14.4. The lowest BCUT2D eigenvalue weighted by molar-refractivity contribution is -0.226. The van der Waals surface area contributed by atoms with Crippen LogP contribution in [0.15, 0.2) is 30.3 Å². The average molecular weight is 287 g/mol. The third kappa shape index (κ3) is 3.59. The van der Waals surface area contributed by atoms with Crippen LogP contribution in [-0.2, 0) is 16.0 Å². The lowest BCUT2D eigenvalue weighted by atomic mass is 9.82. The lowest BCUT2D eigenvalue weighted by Gasteiger charge is -2.29. The Kier molecular flexibility index (Phi) is 4.92. The summed E-state index contributed by atoms with van der Waals surface area (Å²) in [4.78, 5) is 11.4. The molecule has 110 valence electrons. The maximum absolute atomic E-state index is 13.0. The largest absolute Gasteiger partial charge is 0.468 e. The zero-order chi connectivity index (χ0) is 15.4. The second-order valence-corrected chi connectivity index (χ2v) is 4.76. The molecule has 20 heavy (non-hydrogen) atoms. The molecule has 1 rings (SSSR count). The summed E-state index contributed by atoms with van der Waals surface area (Å²) < 4.78 is 43.4. The molecule has 0 heterocycles. The van der Waals surface area contributed by atoms with Gasteiger partial charge < -0.3 is 10.1 Å². The van der Waals surface area contributed by atoms with Crippen LogP contribution in [0.25, 0.3) is 0 Å². The minimum Gasteiger partial charge on any atom is -0.468 e. The van der Waals surface area contributed by atoms with E-state index in [4.69, 9.17) is 5.41 Å². The summed E-state index contributed by atoms with van der Waals surface area (Å²) in [5.41, 5.74) is -2.12. The smallest absolute Gasteiger partial charge is 0.405 e. The van der Waals surface area contributed by atoms with Crippen LogP contribution in [0.4, 0.5) is 13.2 Å². The first-order valence-corrected chi connectivity index (χ1v) is 5.96. The third-order valence-corrected chi connectivity index (χ3v) is 3.09. The van der Waals surface area contributed by atoms with Gasteiger partial charge in [-0.25, -0.2) is 0 Å². The van der Waals surface area contributed by atoms with Gasteiger partial charge in [0.1, 0.15) is 0 Å². The molecule has 6 heteroatoms. The number of methoxy groups -OCH3 is 1. The first kappa shape index (κ1) is 16.2. The number of carbonyl (C=O) groups is 1. The summed E-state index contributed by atoms with van der Waals surface area (Å²) in [6, 6.07) is 8.70. The van der Waals surface area contributed by atoms with E-state index in [1.54, 1.807) is 30.3 Å². The molecule has 3 nitrogen and oxygen atoms in total. The fourth-order valence-corrected chi connectivity index (χ4v) is 1.84. The topological polar surface area (TPSA) is 50.2 Å². The Labute approximate surface area is 115 Å². The number of hydrogen-bond donors (Lipinski definition) is 1. The highest BCUT2D eigenvalue weighted by Gasteiger charge is 2.57. The molecule has 0 bridgehead atoms. The van der Waals surface area contributed by atoms with Crippen molar-refractivity contribution in [3.05, 3.63) is 35.9 Å². The minimum absolute atomic E-state index is 0.0729. The molecule has 0 fully saturated rings. The zero-order valence-electron chi connectivity index (χ0n) is 11.3. The Balaban J connectivity index is 2.86. The zero-order valence-corrected chi connectivity index (χ0v) is 11.3. The van der Waals surface area contributed by atoms with Crippen molar-refractivity contribution in [2.24, 2.45) is 5.41 Å². The number of benzene rings is 1. The van der Waals surface area contributed by atoms with E-state index in [0.29, 0.717) is 0 Å². The monoisotopic (exact) mass is 287 g/mol. The fourth-order valence-electron chi connectivity index (χ4n) is 1.84. The van der Waals surface area contributed by atoms with Gasteiger partial charge in [-0.05, 0) is 12.5 Å². The number of carbonyl (C=O) groups excluding carboxylic acids is 1. The molecule has 0 saturated heterocycles. The first-order chi connectivity index (χ1) is 9.20. The third-order valence-electron chi connectivity index (χ3n) is 3.09. The van der Waals surface area contributed by atoms with Crippen LogP contribution < -0.4 is 0 Å². The van der Waals surface area contributed by atoms with Crippen molar-refractivity contribution < 1.29 is 22.7 Å². The molecule has 1 aromatic carbocycles. The molecule has 0 aliphatic heterocycles. The van der Waals surface area contributed by atoms with E-state index in [2.05, 4.69) is 4.74 Å². The van der Waals surface area contributed by atoms with Crippen LogP contribution in [-0.4, -0.2) is 25.0 Å². The minimum atomic E-state index is -4.76. The van der Waals surface area contributed by atoms with E-state index >= 15 is 0 Å². The number of ether oxygens (including phenoxy) is 1. The second kappa shape index (κ2) is 6.07. The highest BCUT2D eigenvalue weighted by Crippen LogP contribution is 2.42. The molecular formula is C14H16F3NO2. The number of alkyl halides is 3. The molecular weight excluding hydrogens is 271 g/mol. The van der Waals surface area contributed by atoms with Gasteiger partial charge >= 0.3 is 12.1 Å². The summed E-state index contributed by atoms with van der Waals surface area (Å²) in [6.45, 7) is 0.762. The SMILES string of the molecule is COC(=O)C(C)(CC(=N)Cc1ccccc1)C(F)(F)F. The van der Waals surface area contributed by atoms with Crippen molar-refractivity contribution in [1.29, 1.82) is 5.41 Å². The summed E-state index contributed by atoms with van der Waals surface area (Å²) in [6.07, 6.45) is -5.40. The molecule has 1 unspecified atom stereocenters. The molecule has 0 aromatic heterocycles. The first-order valence-electron chi connectivity index (χ1n) is 5.96. The van der Waals surface area contributed by atoms with Gasteiger partial charge in [-0.2, -0.15) is 13.2 Å². The summed E-state index contributed by atoms with van der Waals surface area (Å²) >= 11 is 0. The molecule has 0 spiro atoms. The van der Waals surface area contributed by atoms with Crippen LogP contribution in [0, 0.1) is 10.8 Å². The van der Waals surface area contributed by atoms with Gasteiger partial charge in [0.2, 0.25) is 0 Å². The van der Waals surface area contributed by atoms with Crippen molar-refractivity contribution in [2.45, 2.75) is 25.9 Å². The predicted octanol–water partition coefficient (Wildman–Crippen LogP) is 3.38. The molecule has 1 aromatic rings. The van der Waals surface area contributed by atoms with E-state index < -0.39 is 24.0 Å². The van der Waals surface area contributed by atoms with Gasteiger partial charge in [0.05, 0.1) is 7.11 Å². The van der Waals surface area contributed by atoms with E-state index in [1.165, 1.54) is 0 Å². The maximum atomic E-state index is 13.0. The molecule has 1 atom stereocenters. The molecule has 0 aliphatic rings. The van der Waals surface area contributed by atoms with Gasteiger partial charge in [0.25, 0.3) is 0 Å². The van der Waals surface area contributed by atoms with Crippen LogP contribution in [0.1, 0.15) is 18.9 Å². The lowest BCUT2D eigenvalue weighted by Crippen LogP contribution is -2.45. The molecule has 0 radical (unpaired) electrons. The van der Waals surface area contributed by atoms with E-state index in [0.717, 1.165) is 19.6 Å². The second-order valence-electron chi connectivity index (χ2n) is 4.76. The van der Waals surface area contributed by atoms with Crippen molar-refractivity contribution in [2.75, 3.05) is 7.11 Å². The Morgan fingerprint density at radius 2 is 1.80 bits per heavy atom. The number of esters is 1. The molecule has 1 N–H and O–H groups in total. The number of halogens is 3. The van der Waals surface area contributed by atoms with Crippen LogP contribution in [0.3, 0.4) is 0 Å². The predicted molar refractivity (Wildman–Crippen MR) is 68.7 cm³/mol. The van der Waals surface area contributed by atoms with Gasteiger partial charge in [0, 0.05) is 18.6 Å². The van der Waals surface area contributed by atoms with Gasteiger partial charge in [-0.1, -0.05) is 30.3 Å². The van der Waals surface area contributed by atoms with Crippen LogP contribution in [0.5, 0.6) is 0 Å². The summed E-state index contributed by atoms with van der Waals surface area (Å²) in [5, 5.41) is 7.72. The quantitative estimate of drug-likeness (QED) is 0.666. The Bertz CT molecular complexity index is 485. The van der Waals surface area contributed by atoms with Crippen molar-refractivity contribution in [3.8, 4) is 0 Å². The molecule has 0 amide bonds. The molecule has 0 aliphatic carbocycles. The standard InChI is InChI=1S/C14H16F3NO2/c1-13(12(19)20-2,14(15,16)17)9-11(18)8-10-6-4-3-5-7-10/h3-7,18H,8-9H2,1-2H3. The van der Waals surface area contributed by atoms with Gasteiger partial charge in [-0.3, -0.25) is 4.79 Å². The van der Waals surface area contributed by atoms with E-state index in [-0.39, 0.29) is 12.1 Å². The number of hydrogen-bond acceptors (Lipinski definition) is 3. The number of nitrogens with one attached hydrogen (secondary N) is 1. The Morgan fingerprint density at radius 3 is 2.25 bits per heavy atom. The van der Waals surface area contributed by atoms with Crippen LogP contribution >= 0.6 is 0 Å². The maximum Gasteiger partial charge on any atom is 0.405 e. The fraction of sp³-hybridized carbons (Fsp3) is 0.429.